The van der Waals surface area contributed by atoms with E-state index >= 15 is 0 Å². The van der Waals surface area contributed by atoms with Gasteiger partial charge in [0.2, 0.25) is 11.8 Å². The first-order valence-corrected chi connectivity index (χ1v) is 6.01. The summed E-state index contributed by atoms with van der Waals surface area (Å²) in [4.78, 5) is 11.2. The third-order valence-electron chi connectivity index (χ3n) is 2.69. The van der Waals surface area contributed by atoms with Crippen LogP contribution in [0.2, 0.25) is 0 Å². The van der Waals surface area contributed by atoms with E-state index in [-0.39, 0.29) is 5.91 Å². The maximum Gasteiger partial charge on any atom is 0.235 e. The number of nitrogens with zero attached hydrogens (tertiary/aromatic N) is 3. The fourth-order valence-corrected chi connectivity index (χ4v) is 1.84. The maximum absolute atomic E-state index is 11.2. The molecular formula is C14H14N4O2. The van der Waals surface area contributed by atoms with Crippen molar-refractivity contribution < 1.29 is 9.53 Å². The van der Waals surface area contributed by atoms with Crippen LogP contribution in [0, 0.1) is 18.3 Å². The molecule has 6 nitrogen and oxygen atoms in total. The number of benzene rings is 1. The standard InChI is InChI=1S/C14H14N4O2/c1-9-11(8-15)14(18(3)17-9)20-13-7-5-4-6-12(13)16-10(2)19/h4-7H,1-3H3,(H,16,19). The van der Waals surface area contributed by atoms with E-state index in [0.717, 1.165) is 0 Å². The molecule has 1 heterocycles. The number of carbonyl (C=O) groups is 1. The number of hydrogen-bond donors (Lipinski definition) is 1. The number of rotatable bonds is 3. The summed E-state index contributed by atoms with van der Waals surface area (Å²) in [6, 6.07) is 9.09. The van der Waals surface area contributed by atoms with Gasteiger partial charge in [-0.1, -0.05) is 12.1 Å². The van der Waals surface area contributed by atoms with E-state index in [1.807, 2.05) is 0 Å². The molecule has 0 saturated carbocycles. The van der Waals surface area contributed by atoms with Gasteiger partial charge in [-0.3, -0.25) is 4.79 Å². The Bertz CT molecular complexity index is 698. The van der Waals surface area contributed by atoms with E-state index in [0.29, 0.717) is 28.6 Å². The van der Waals surface area contributed by atoms with Gasteiger partial charge in [-0.25, -0.2) is 4.68 Å². The molecule has 0 atom stereocenters. The highest BCUT2D eigenvalue weighted by molar-refractivity contribution is 5.90. The number of nitrogens with one attached hydrogen (secondary N) is 1. The number of nitriles is 1. The highest BCUT2D eigenvalue weighted by atomic mass is 16.5. The molecule has 2 aromatic rings. The number of anilines is 1. The first kappa shape index (κ1) is 13.6. The predicted octanol–water partition coefficient (Wildman–Crippen LogP) is 2.35. The van der Waals surface area contributed by atoms with Crippen LogP contribution in [-0.4, -0.2) is 15.7 Å². The van der Waals surface area contributed by atoms with Gasteiger partial charge in [0, 0.05) is 14.0 Å². The normalized spacial score (nSPS) is 9.90. The lowest BCUT2D eigenvalue weighted by Crippen LogP contribution is -2.07. The third kappa shape index (κ3) is 2.62. The van der Waals surface area contributed by atoms with E-state index in [9.17, 15) is 4.79 Å². The number of para-hydroxylation sites is 2. The largest absolute Gasteiger partial charge is 0.436 e. The van der Waals surface area contributed by atoms with E-state index in [2.05, 4.69) is 16.5 Å². The molecule has 1 amide bonds. The summed E-state index contributed by atoms with van der Waals surface area (Å²) < 4.78 is 7.25. The Labute approximate surface area is 116 Å². The molecule has 1 N–H and O–H groups in total. The van der Waals surface area contributed by atoms with Crippen LogP contribution < -0.4 is 10.1 Å². The van der Waals surface area contributed by atoms with Crippen LogP contribution >= 0.6 is 0 Å². The summed E-state index contributed by atoms with van der Waals surface area (Å²) in [6.07, 6.45) is 0. The van der Waals surface area contributed by atoms with Gasteiger partial charge < -0.3 is 10.1 Å². The van der Waals surface area contributed by atoms with Crippen molar-refractivity contribution in [3.05, 3.63) is 35.5 Å². The Morgan fingerprint density at radius 2 is 2.15 bits per heavy atom. The lowest BCUT2D eigenvalue weighted by Gasteiger charge is -2.11. The van der Waals surface area contributed by atoms with E-state index in [1.54, 1.807) is 38.2 Å². The molecule has 0 aliphatic heterocycles. The molecule has 0 aliphatic rings. The van der Waals surface area contributed by atoms with Crippen molar-refractivity contribution >= 4 is 11.6 Å². The first-order valence-electron chi connectivity index (χ1n) is 6.01. The monoisotopic (exact) mass is 270 g/mol. The molecule has 0 fully saturated rings. The van der Waals surface area contributed by atoms with Crippen LogP contribution in [0.5, 0.6) is 11.6 Å². The summed E-state index contributed by atoms with van der Waals surface area (Å²) >= 11 is 0. The topological polar surface area (TPSA) is 79.9 Å². The van der Waals surface area contributed by atoms with Gasteiger partial charge in [0.1, 0.15) is 11.6 Å². The van der Waals surface area contributed by atoms with Gasteiger partial charge >= 0.3 is 0 Å². The van der Waals surface area contributed by atoms with Crippen LogP contribution in [-0.2, 0) is 11.8 Å². The molecule has 1 aromatic carbocycles. The summed E-state index contributed by atoms with van der Waals surface area (Å²) in [6.45, 7) is 3.16. The van der Waals surface area contributed by atoms with Gasteiger partial charge in [-0.05, 0) is 19.1 Å². The third-order valence-corrected chi connectivity index (χ3v) is 2.69. The number of ether oxygens (including phenoxy) is 1. The maximum atomic E-state index is 11.2. The lowest BCUT2D eigenvalue weighted by atomic mass is 10.2. The highest BCUT2D eigenvalue weighted by Crippen LogP contribution is 2.31. The fourth-order valence-electron chi connectivity index (χ4n) is 1.84. The molecule has 0 radical (unpaired) electrons. The van der Waals surface area contributed by atoms with Crippen LogP contribution in [0.4, 0.5) is 5.69 Å². The second-order valence-electron chi connectivity index (χ2n) is 4.28. The molecule has 20 heavy (non-hydrogen) atoms. The second-order valence-corrected chi connectivity index (χ2v) is 4.28. The van der Waals surface area contributed by atoms with Gasteiger partial charge in [0.25, 0.3) is 0 Å². The fraction of sp³-hybridized carbons (Fsp3) is 0.214. The minimum atomic E-state index is -0.192. The predicted molar refractivity (Wildman–Crippen MR) is 73.5 cm³/mol. The summed E-state index contributed by atoms with van der Waals surface area (Å²) in [5.74, 6) is 0.618. The molecule has 0 spiro atoms. The lowest BCUT2D eigenvalue weighted by molar-refractivity contribution is -0.114. The quantitative estimate of drug-likeness (QED) is 0.928. The Balaban J connectivity index is 2.41. The van der Waals surface area contributed by atoms with Crippen molar-refractivity contribution in [2.45, 2.75) is 13.8 Å². The molecular weight excluding hydrogens is 256 g/mol. The van der Waals surface area contributed by atoms with Crippen LogP contribution in [0.25, 0.3) is 0 Å². The Morgan fingerprint density at radius 3 is 2.80 bits per heavy atom. The van der Waals surface area contributed by atoms with Crippen LogP contribution in [0.15, 0.2) is 24.3 Å². The minimum absolute atomic E-state index is 0.192. The average molecular weight is 270 g/mol. The first-order chi connectivity index (χ1) is 9.52. The Morgan fingerprint density at radius 1 is 1.45 bits per heavy atom. The number of carbonyl (C=O) groups excluding carboxylic acids is 1. The molecule has 1 aromatic heterocycles. The van der Waals surface area contributed by atoms with Crippen molar-refractivity contribution in [1.82, 2.24) is 9.78 Å². The van der Waals surface area contributed by atoms with Crippen LogP contribution in [0.1, 0.15) is 18.2 Å². The highest BCUT2D eigenvalue weighted by Gasteiger charge is 2.16. The van der Waals surface area contributed by atoms with Gasteiger partial charge in [0.15, 0.2) is 5.75 Å². The zero-order valence-electron chi connectivity index (χ0n) is 11.5. The summed E-state index contributed by atoms with van der Waals surface area (Å²) in [5, 5.41) is 16.0. The van der Waals surface area contributed by atoms with E-state index < -0.39 is 0 Å². The van der Waals surface area contributed by atoms with Gasteiger partial charge in [-0.15, -0.1) is 0 Å². The molecule has 0 bridgehead atoms. The van der Waals surface area contributed by atoms with Gasteiger partial charge in [0.05, 0.1) is 11.4 Å². The van der Waals surface area contributed by atoms with Crippen molar-refractivity contribution in [2.24, 2.45) is 7.05 Å². The molecule has 102 valence electrons. The zero-order chi connectivity index (χ0) is 14.7. The average Bonchev–Trinajstić information content (AvgIpc) is 2.65. The van der Waals surface area contributed by atoms with Crippen molar-refractivity contribution in [3.63, 3.8) is 0 Å². The van der Waals surface area contributed by atoms with Crippen molar-refractivity contribution in [2.75, 3.05) is 5.32 Å². The molecule has 0 saturated heterocycles. The minimum Gasteiger partial charge on any atom is -0.436 e. The SMILES string of the molecule is CC(=O)Nc1ccccc1Oc1c(C#N)c(C)nn1C. The van der Waals surface area contributed by atoms with E-state index in [4.69, 9.17) is 10.00 Å². The number of amides is 1. The zero-order valence-corrected chi connectivity index (χ0v) is 11.5. The number of hydrogen-bond acceptors (Lipinski definition) is 4. The summed E-state index contributed by atoms with van der Waals surface area (Å²) in [5.41, 5.74) is 1.52. The molecule has 2 rings (SSSR count). The Kier molecular flexibility index (Phi) is 3.71. The Hall–Kier alpha value is -2.81. The van der Waals surface area contributed by atoms with Gasteiger partial charge in [-0.2, -0.15) is 10.4 Å². The molecule has 0 aliphatic carbocycles. The number of aromatic nitrogens is 2. The summed E-state index contributed by atoms with van der Waals surface area (Å²) in [7, 11) is 1.70. The second kappa shape index (κ2) is 5.45. The molecule has 0 unspecified atom stereocenters. The number of aryl methyl sites for hydroxylation is 2. The van der Waals surface area contributed by atoms with Crippen molar-refractivity contribution in [3.8, 4) is 17.7 Å². The van der Waals surface area contributed by atoms with Crippen molar-refractivity contribution in [1.29, 1.82) is 5.26 Å². The van der Waals surface area contributed by atoms with E-state index in [1.165, 1.54) is 11.6 Å². The molecule has 6 heteroatoms. The van der Waals surface area contributed by atoms with Crippen LogP contribution in [0.3, 0.4) is 0 Å². The smallest absolute Gasteiger partial charge is 0.235 e.